The van der Waals surface area contributed by atoms with Gasteiger partial charge in [0.1, 0.15) is 0 Å². The van der Waals surface area contributed by atoms with E-state index in [1.807, 2.05) is 54.6 Å². The fourth-order valence-corrected chi connectivity index (χ4v) is 1.21. The van der Waals surface area contributed by atoms with Crippen molar-refractivity contribution in [3.63, 3.8) is 0 Å². The van der Waals surface area contributed by atoms with E-state index < -0.39 is 0 Å². The minimum atomic E-state index is -0.170. The Morgan fingerprint density at radius 3 is 2.69 bits per heavy atom. The van der Waals surface area contributed by atoms with E-state index in [2.05, 4.69) is 4.74 Å². The molecule has 0 heterocycles. The molecule has 0 atom stereocenters. The van der Waals surface area contributed by atoms with Gasteiger partial charge in [-0.3, -0.25) is 4.79 Å². The SMILES string of the molecule is COC(=O)CC/C=C/C=C\c1ccccc1. The molecule has 1 aromatic rings. The normalized spacial score (nSPS) is 11.1. The lowest BCUT2D eigenvalue weighted by atomic mass is 10.2. The molecule has 0 radical (unpaired) electrons. The Labute approximate surface area is 96.2 Å². The third-order valence-corrected chi connectivity index (χ3v) is 2.08. The van der Waals surface area contributed by atoms with Crippen molar-refractivity contribution in [3.8, 4) is 0 Å². The number of carbonyl (C=O) groups excluding carboxylic acids is 1. The number of ether oxygens (including phenoxy) is 1. The Bertz CT molecular complexity index is 364. The van der Waals surface area contributed by atoms with Crippen LogP contribution in [0.1, 0.15) is 18.4 Å². The zero-order chi connectivity index (χ0) is 11.6. The number of hydrogen-bond donors (Lipinski definition) is 0. The van der Waals surface area contributed by atoms with Gasteiger partial charge in [0.05, 0.1) is 7.11 Å². The lowest BCUT2D eigenvalue weighted by molar-refractivity contribution is -0.140. The summed E-state index contributed by atoms with van der Waals surface area (Å²) in [5.74, 6) is -0.170. The second-order valence-electron chi connectivity index (χ2n) is 3.31. The van der Waals surface area contributed by atoms with Crippen LogP contribution >= 0.6 is 0 Å². The van der Waals surface area contributed by atoms with E-state index >= 15 is 0 Å². The first-order chi connectivity index (χ1) is 7.83. The second-order valence-corrected chi connectivity index (χ2v) is 3.31. The Balaban J connectivity index is 2.27. The molecule has 2 heteroatoms. The van der Waals surface area contributed by atoms with Crippen LogP contribution < -0.4 is 0 Å². The summed E-state index contributed by atoms with van der Waals surface area (Å²) in [6.45, 7) is 0. The van der Waals surface area contributed by atoms with E-state index in [4.69, 9.17) is 0 Å². The summed E-state index contributed by atoms with van der Waals surface area (Å²) in [4.78, 5) is 10.8. The molecule has 1 rings (SSSR count). The molecular formula is C14H16O2. The molecule has 0 aliphatic rings. The average molecular weight is 216 g/mol. The van der Waals surface area contributed by atoms with Gasteiger partial charge < -0.3 is 4.74 Å². The maximum atomic E-state index is 10.8. The molecule has 0 aromatic heterocycles. The third-order valence-electron chi connectivity index (χ3n) is 2.08. The van der Waals surface area contributed by atoms with E-state index in [1.165, 1.54) is 12.7 Å². The molecule has 0 spiro atoms. The van der Waals surface area contributed by atoms with Crippen molar-refractivity contribution in [2.75, 3.05) is 7.11 Å². The van der Waals surface area contributed by atoms with Gasteiger partial charge in [-0.2, -0.15) is 0 Å². The van der Waals surface area contributed by atoms with Crippen molar-refractivity contribution >= 4 is 12.0 Å². The third kappa shape index (κ3) is 5.15. The monoisotopic (exact) mass is 216 g/mol. The van der Waals surface area contributed by atoms with Gasteiger partial charge in [-0.05, 0) is 12.0 Å². The number of methoxy groups -OCH3 is 1. The molecule has 0 aliphatic heterocycles. The highest BCUT2D eigenvalue weighted by molar-refractivity contribution is 5.69. The van der Waals surface area contributed by atoms with Crippen molar-refractivity contribution in [2.24, 2.45) is 0 Å². The zero-order valence-corrected chi connectivity index (χ0v) is 9.43. The lowest BCUT2D eigenvalue weighted by Gasteiger charge is -1.93. The zero-order valence-electron chi connectivity index (χ0n) is 9.43. The first kappa shape index (κ1) is 12.2. The van der Waals surface area contributed by atoms with Gasteiger partial charge in [0.2, 0.25) is 0 Å². The van der Waals surface area contributed by atoms with E-state index in [0.717, 1.165) is 0 Å². The topological polar surface area (TPSA) is 26.3 Å². The number of allylic oxidation sites excluding steroid dienone is 3. The summed E-state index contributed by atoms with van der Waals surface area (Å²) >= 11 is 0. The van der Waals surface area contributed by atoms with Crippen molar-refractivity contribution in [1.29, 1.82) is 0 Å². The Hall–Kier alpha value is -1.83. The van der Waals surface area contributed by atoms with E-state index in [-0.39, 0.29) is 5.97 Å². The molecule has 2 nitrogen and oxygen atoms in total. The minimum absolute atomic E-state index is 0.170. The van der Waals surface area contributed by atoms with Crippen molar-refractivity contribution in [2.45, 2.75) is 12.8 Å². The van der Waals surface area contributed by atoms with Gasteiger partial charge in [0.15, 0.2) is 0 Å². The summed E-state index contributed by atoms with van der Waals surface area (Å²) in [7, 11) is 1.40. The Kier molecular flexibility index (Phi) is 5.71. The quantitative estimate of drug-likeness (QED) is 0.558. The fourth-order valence-electron chi connectivity index (χ4n) is 1.21. The standard InChI is InChI=1S/C14H16O2/c1-16-14(15)12-8-3-2-5-9-13-10-6-4-7-11-13/h2-7,9-11H,8,12H2,1H3/b3-2+,9-5-. The first-order valence-corrected chi connectivity index (χ1v) is 5.28. The van der Waals surface area contributed by atoms with Crippen molar-refractivity contribution < 1.29 is 9.53 Å². The van der Waals surface area contributed by atoms with Crippen LogP contribution in [-0.2, 0) is 9.53 Å². The highest BCUT2D eigenvalue weighted by Crippen LogP contribution is 2.01. The second kappa shape index (κ2) is 7.46. The maximum absolute atomic E-state index is 10.8. The molecule has 0 N–H and O–H groups in total. The smallest absolute Gasteiger partial charge is 0.305 e. The molecule has 0 saturated heterocycles. The van der Waals surface area contributed by atoms with E-state index in [1.54, 1.807) is 0 Å². The van der Waals surface area contributed by atoms with Crippen LogP contribution in [0.5, 0.6) is 0 Å². The Morgan fingerprint density at radius 1 is 1.25 bits per heavy atom. The molecular weight excluding hydrogens is 200 g/mol. The van der Waals surface area contributed by atoms with Gasteiger partial charge in [-0.1, -0.05) is 54.6 Å². The molecule has 1 aromatic carbocycles. The summed E-state index contributed by atoms with van der Waals surface area (Å²) in [6.07, 6.45) is 9.03. The first-order valence-electron chi connectivity index (χ1n) is 5.28. The molecule has 0 aliphatic carbocycles. The molecule has 0 fully saturated rings. The minimum Gasteiger partial charge on any atom is -0.469 e. The van der Waals surface area contributed by atoms with Crippen LogP contribution in [0.15, 0.2) is 48.6 Å². The van der Waals surface area contributed by atoms with Crippen LogP contribution in [0.25, 0.3) is 6.08 Å². The predicted molar refractivity (Wildman–Crippen MR) is 65.9 cm³/mol. The van der Waals surface area contributed by atoms with Gasteiger partial charge in [-0.25, -0.2) is 0 Å². The van der Waals surface area contributed by atoms with Gasteiger partial charge in [-0.15, -0.1) is 0 Å². The van der Waals surface area contributed by atoms with Gasteiger partial charge >= 0.3 is 5.97 Å². The lowest BCUT2D eigenvalue weighted by Crippen LogP contribution is -1.97. The average Bonchev–Trinajstić information content (AvgIpc) is 2.34. The molecule has 84 valence electrons. The van der Waals surface area contributed by atoms with Crippen LogP contribution in [0.3, 0.4) is 0 Å². The van der Waals surface area contributed by atoms with Crippen LogP contribution in [0.2, 0.25) is 0 Å². The molecule has 0 amide bonds. The summed E-state index contributed by atoms with van der Waals surface area (Å²) in [6, 6.07) is 10.1. The number of carbonyl (C=O) groups is 1. The number of rotatable bonds is 5. The van der Waals surface area contributed by atoms with Crippen LogP contribution in [-0.4, -0.2) is 13.1 Å². The van der Waals surface area contributed by atoms with Gasteiger partial charge in [0.25, 0.3) is 0 Å². The molecule has 0 bridgehead atoms. The molecule has 16 heavy (non-hydrogen) atoms. The van der Waals surface area contributed by atoms with E-state index in [0.29, 0.717) is 12.8 Å². The molecule has 0 saturated carbocycles. The van der Waals surface area contributed by atoms with Gasteiger partial charge in [0, 0.05) is 6.42 Å². The fraction of sp³-hybridized carbons (Fsp3) is 0.214. The van der Waals surface area contributed by atoms with Crippen molar-refractivity contribution in [1.82, 2.24) is 0 Å². The largest absolute Gasteiger partial charge is 0.469 e. The number of benzene rings is 1. The Morgan fingerprint density at radius 2 is 2.00 bits per heavy atom. The number of esters is 1. The predicted octanol–water partition coefficient (Wildman–Crippen LogP) is 3.21. The highest BCUT2D eigenvalue weighted by atomic mass is 16.5. The maximum Gasteiger partial charge on any atom is 0.305 e. The summed E-state index contributed by atoms with van der Waals surface area (Å²) in [5, 5.41) is 0. The van der Waals surface area contributed by atoms with Crippen LogP contribution in [0.4, 0.5) is 0 Å². The van der Waals surface area contributed by atoms with Crippen LogP contribution in [0, 0.1) is 0 Å². The van der Waals surface area contributed by atoms with Crippen molar-refractivity contribution in [3.05, 3.63) is 54.1 Å². The number of hydrogen-bond acceptors (Lipinski definition) is 2. The van der Waals surface area contributed by atoms with E-state index in [9.17, 15) is 4.79 Å². The molecule has 0 unspecified atom stereocenters. The summed E-state index contributed by atoms with van der Waals surface area (Å²) < 4.78 is 4.54. The summed E-state index contributed by atoms with van der Waals surface area (Å²) in [5.41, 5.74) is 1.17. The highest BCUT2D eigenvalue weighted by Gasteiger charge is 1.94.